The van der Waals surface area contributed by atoms with Crippen LogP contribution in [-0.2, 0) is 9.47 Å². The third kappa shape index (κ3) is 3.42. The van der Waals surface area contributed by atoms with Crippen molar-refractivity contribution in [2.45, 2.75) is 6.92 Å². The number of aliphatic hydroxyl groups excluding tert-OH is 1. The predicted molar refractivity (Wildman–Crippen MR) is 25.2 cm³/mol. The molecule has 0 spiro atoms. The Balaban J connectivity index is 3.06. The zero-order valence-electron chi connectivity index (χ0n) is 4.59. The fraction of sp³-hybridized carbons (Fsp3) is 0.750. The molecule has 0 bridgehead atoms. The molecule has 0 atom stereocenters. The van der Waals surface area contributed by atoms with Gasteiger partial charge in [0, 0.05) is 0 Å². The van der Waals surface area contributed by atoms with Gasteiger partial charge >= 0.3 is 6.16 Å². The fourth-order valence-corrected chi connectivity index (χ4v) is 0.212. The molecule has 8 heavy (non-hydrogen) atoms. The van der Waals surface area contributed by atoms with Crippen molar-refractivity contribution in [2.75, 3.05) is 13.4 Å². The zero-order chi connectivity index (χ0) is 6.41. The van der Waals surface area contributed by atoms with E-state index < -0.39 is 12.9 Å². The lowest BCUT2D eigenvalue weighted by molar-refractivity contribution is -0.00358. The molecule has 0 aromatic carbocycles. The van der Waals surface area contributed by atoms with Crippen LogP contribution in [0.25, 0.3) is 0 Å². The average molecular weight is 120 g/mol. The first-order chi connectivity index (χ1) is 3.81. The van der Waals surface area contributed by atoms with Gasteiger partial charge in [0.1, 0.15) is 0 Å². The SMILES string of the molecule is CCOC(=O)OCO. The molecule has 0 radical (unpaired) electrons. The summed E-state index contributed by atoms with van der Waals surface area (Å²) >= 11 is 0. The molecular weight excluding hydrogens is 112 g/mol. The molecule has 0 saturated carbocycles. The van der Waals surface area contributed by atoms with Crippen molar-refractivity contribution < 1.29 is 19.4 Å². The lowest BCUT2D eigenvalue weighted by atomic mass is 10.9. The predicted octanol–water partition coefficient (Wildman–Crippen LogP) is 0.109. The molecule has 0 saturated heterocycles. The van der Waals surface area contributed by atoms with Gasteiger partial charge in [-0.3, -0.25) is 0 Å². The third-order valence-corrected chi connectivity index (χ3v) is 0.445. The van der Waals surface area contributed by atoms with Crippen LogP contribution in [0.3, 0.4) is 0 Å². The summed E-state index contributed by atoms with van der Waals surface area (Å²) in [6, 6.07) is 0. The highest BCUT2D eigenvalue weighted by atomic mass is 16.8. The minimum Gasteiger partial charge on any atom is -0.435 e. The lowest BCUT2D eigenvalue weighted by Gasteiger charge is -1.97. The van der Waals surface area contributed by atoms with Crippen molar-refractivity contribution in [3.8, 4) is 0 Å². The second-order valence-electron chi connectivity index (χ2n) is 0.956. The van der Waals surface area contributed by atoms with Crippen molar-refractivity contribution in [1.82, 2.24) is 0 Å². The molecular formula is C4H8O4. The summed E-state index contributed by atoms with van der Waals surface area (Å²) in [5.74, 6) is 0. The average Bonchev–Trinajstić information content (AvgIpc) is 1.68. The highest BCUT2D eigenvalue weighted by Crippen LogP contribution is 1.80. The number of aliphatic hydroxyl groups is 1. The maximum atomic E-state index is 10.0. The van der Waals surface area contributed by atoms with E-state index >= 15 is 0 Å². The minimum atomic E-state index is -0.838. The van der Waals surface area contributed by atoms with Crippen LogP contribution in [0.2, 0.25) is 0 Å². The molecule has 0 fully saturated rings. The Kier molecular flexibility index (Phi) is 3.97. The van der Waals surface area contributed by atoms with Gasteiger partial charge in [0.2, 0.25) is 0 Å². The Morgan fingerprint density at radius 3 is 2.62 bits per heavy atom. The van der Waals surface area contributed by atoms with Crippen LogP contribution in [0, 0.1) is 0 Å². The number of rotatable bonds is 2. The fourth-order valence-electron chi connectivity index (χ4n) is 0.212. The molecule has 0 aliphatic carbocycles. The van der Waals surface area contributed by atoms with Crippen molar-refractivity contribution in [3.63, 3.8) is 0 Å². The molecule has 0 rings (SSSR count). The molecule has 0 heterocycles. The van der Waals surface area contributed by atoms with E-state index in [1.165, 1.54) is 0 Å². The van der Waals surface area contributed by atoms with E-state index in [9.17, 15) is 4.79 Å². The second kappa shape index (κ2) is 4.39. The van der Waals surface area contributed by atoms with E-state index in [1.807, 2.05) is 0 Å². The van der Waals surface area contributed by atoms with Gasteiger partial charge in [-0.15, -0.1) is 0 Å². The highest BCUT2D eigenvalue weighted by molar-refractivity contribution is 5.59. The maximum absolute atomic E-state index is 10.0. The summed E-state index contributed by atoms with van der Waals surface area (Å²) in [5.41, 5.74) is 0. The number of hydrogen-bond donors (Lipinski definition) is 1. The Bertz CT molecular complexity index is 62.4. The van der Waals surface area contributed by atoms with Gasteiger partial charge in [-0.2, -0.15) is 0 Å². The normalized spacial score (nSPS) is 8.25. The van der Waals surface area contributed by atoms with Gasteiger partial charge in [-0.05, 0) is 6.92 Å². The summed E-state index contributed by atoms with van der Waals surface area (Å²) in [6.07, 6.45) is -0.838. The monoisotopic (exact) mass is 120 g/mol. The second-order valence-corrected chi connectivity index (χ2v) is 0.956. The first kappa shape index (κ1) is 7.23. The summed E-state index contributed by atoms with van der Waals surface area (Å²) in [6.45, 7) is 1.29. The maximum Gasteiger partial charge on any atom is 0.510 e. The van der Waals surface area contributed by atoms with E-state index in [2.05, 4.69) is 9.47 Å². The Labute approximate surface area is 47.0 Å². The smallest absolute Gasteiger partial charge is 0.435 e. The molecule has 0 amide bonds. The Morgan fingerprint density at radius 2 is 2.25 bits per heavy atom. The Morgan fingerprint density at radius 1 is 1.62 bits per heavy atom. The lowest BCUT2D eigenvalue weighted by Crippen LogP contribution is -2.06. The van der Waals surface area contributed by atoms with Crippen molar-refractivity contribution in [3.05, 3.63) is 0 Å². The van der Waals surface area contributed by atoms with Crippen molar-refractivity contribution >= 4 is 6.16 Å². The van der Waals surface area contributed by atoms with Crippen LogP contribution < -0.4 is 0 Å². The number of carbonyl (C=O) groups excluding carboxylic acids is 1. The van der Waals surface area contributed by atoms with Gasteiger partial charge in [-0.1, -0.05) is 0 Å². The number of carbonyl (C=O) groups is 1. The number of ether oxygens (including phenoxy) is 2. The highest BCUT2D eigenvalue weighted by Gasteiger charge is 1.96. The Hall–Kier alpha value is -0.770. The van der Waals surface area contributed by atoms with Crippen LogP contribution in [0.4, 0.5) is 4.79 Å². The van der Waals surface area contributed by atoms with E-state index in [4.69, 9.17) is 5.11 Å². The molecule has 0 aromatic rings. The summed E-state index contributed by atoms with van der Waals surface area (Å²) in [7, 11) is 0. The molecule has 0 aliphatic heterocycles. The van der Waals surface area contributed by atoms with Crippen LogP contribution in [0.15, 0.2) is 0 Å². The molecule has 48 valence electrons. The first-order valence-corrected chi connectivity index (χ1v) is 2.21. The largest absolute Gasteiger partial charge is 0.510 e. The minimum absolute atomic E-state index is 0.263. The standard InChI is InChI=1S/C4H8O4/c1-2-7-4(6)8-3-5/h5H,2-3H2,1H3. The molecule has 4 heteroatoms. The molecule has 0 aliphatic rings. The van der Waals surface area contributed by atoms with Gasteiger partial charge in [0.25, 0.3) is 0 Å². The zero-order valence-corrected chi connectivity index (χ0v) is 4.59. The van der Waals surface area contributed by atoms with Crippen LogP contribution in [0.5, 0.6) is 0 Å². The number of hydrogen-bond acceptors (Lipinski definition) is 4. The van der Waals surface area contributed by atoms with Gasteiger partial charge in [-0.25, -0.2) is 4.79 Å². The van der Waals surface area contributed by atoms with Crippen LogP contribution in [-0.4, -0.2) is 24.7 Å². The van der Waals surface area contributed by atoms with Crippen molar-refractivity contribution in [1.29, 1.82) is 0 Å². The van der Waals surface area contributed by atoms with Gasteiger partial charge in [0.05, 0.1) is 6.61 Å². The summed E-state index contributed by atoms with van der Waals surface area (Å²) in [4.78, 5) is 10.0. The quantitative estimate of drug-likeness (QED) is 0.415. The third-order valence-electron chi connectivity index (χ3n) is 0.445. The molecule has 4 nitrogen and oxygen atoms in total. The van der Waals surface area contributed by atoms with Crippen molar-refractivity contribution in [2.24, 2.45) is 0 Å². The van der Waals surface area contributed by atoms with Crippen LogP contribution in [0.1, 0.15) is 6.92 Å². The molecule has 0 aromatic heterocycles. The van der Waals surface area contributed by atoms with Gasteiger partial charge in [0.15, 0.2) is 6.79 Å². The molecule has 1 N–H and O–H groups in total. The summed E-state index contributed by atoms with van der Waals surface area (Å²) < 4.78 is 8.24. The van der Waals surface area contributed by atoms with E-state index in [0.717, 1.165) is 0 Å². The first-order valence-electron chi connectivity index (χ1n) is 2.21. The topological polar surface area (TPSA) is 55.8 Å². The van der Waals surface area contributed by atoms with E-state index in [0.29, 0.717) is 0 Å². The van der Waals surface area contributed by atoms with Gasteiger partial charge < -0.3 is 14.6 Å². The molecule has 0 unspecified atom stereocenters. The van der Waals surface area contributed by atoms with E-state index in [1.54, 1.807) is 6.92 Å². The van der Waals surface area contributed by atoms with Crippen LogP contribution >= 0.6 is 0 Å². The summed E-state index contributed by atoms with van der Waals surface area (Å²) in [5, 5.41) is 7.94. The van der Waals surface area contributed by atoms with E-state index in [-0.39, 0.29) is 6.61 Å².